The van der Waals surface area contributed by atoms with Crippen LogP contribution in [0, 0.1) is 17.8 Å². The van der Waals surface area contributed by atoms with Gasteiger partial charge < -0.3 is 29.0 Å². The summed E-state index contributed by atoms with van der Waals surface area (Å²) in [5, 5.41) is 2.62. The van der Waals surface area contributed by atoms with E-state index in [2.05, 4.69) is 5.32 Å². The Morgan fingerprint density at radius 1 is 1.02 bits per heavy atom. The lowest BCUT2D eigenvalue weighted by Gasteiger charge is -2.37. The zero-order chi connectivity index (χ0) is 28.9. The topological polar surface area (TPSA) is 126 Å². The molecule has 0 unspecified atom stereocenters. The van der Waals surface area contributed by atoms with Crippen molar-refractivity contribution in [3.8, 4) is 5.75 Å². The number of fused-ring (bicyclic) bond motifs is 3. The molecular formula is C31H33NO9. The van der Waals surface area contributed by atoms with Gasteiger partial charge in [0.2, 0.25) is 0 Å². The average molecular weight is 564 g/mol. The smallest absolute Gasteiger partial charge is 0.408 e. The van der Waals surface area contributed by atoms with E-state index in [1.807, 2.05) is 48.5 Å². The number of ether oxygens (including phenoxy) is 5. The van der Waals surface area contributed by atoms with E-state index in [-0.39, 0.29) is 37.9 Å². The average Bonchev–Trinajstić information content (AvgIpc) is 3.32. The fourth-order valence-electron chi connectivity index (χ4n) is 6.21. The predicted molar refractivity (Wildman–Crippen MR) is 145 cm³/mol. The Balaban J connectivity index is 1.57. The van der Waals surface area contributed by atoms with Crippen molar-refractivity contribution in [1.29, 1.82) is 0 Å². The van der Waals surface area contributed by atoms with Crippen LogP contribution in [0.25, 0.3) is 0 Å². The number of nitrogens with one attached hydrogen (secondary N) is 1. The summed E-state index contributed by atoms with van der Waals surface area (Å²) in [6.45, 7) is 1.67. The highest BCUT2D eigenvalue weighted by atomic mass is 16.6. The van der Waals surface area contributed by atoms with E-state index in [4.69, 9.17) is 23.7 Å². The van der Waals surface area contributed by atoms with Gasteiger partial charge in [-0.25, -0.2) is 14.4 Å². The molecule has 0 aromatic heterocycles. The normalized spacial score (nSPS) is 28.4. The lowest BCUT2D eigenvalue weighted by molar-refractivity contribution is -0.159. The van der Waals surface area contributed by atoms with E-state index in [0.29, 0.717) is 12.2 Å². The highest BCUT2D eigenvalue weighted by molar-refractivity contribution is 5.84. The molecule has 2 aromatic rings. The molecule has 1 N–H and O–H groups in total. The Morgan fingerprint density at radius 2 is 1.83 bits per heavy atom. The molecule has 2 bridgehead atoms. The third-order valence-corrected chi connectivity index (χ3v) is 7.93. The van der Waals surface area contributed by atoms with Crippen molar-refractivity contribution < 1.29 is 42.9 Å². The van der Waals surface area contributed by atoms with Crippen LogP contribution in [0.4, 0.5) is 4.79 Å². The number of methoxy groups -OCH3 is 1. The van der Waals surface area contributed by atoms with Gasteiger partial charge in [0.1, 0.15) is 30.6 Å². The molecule has 0 saturated heterocycles. The molecule has 1 aliphatic heterocycles. The summed E-state index contributed by atoms with van der Waals surface area (Å²) in [7, 11) is 1.56. The minimum atomic E-state index is -1.05. The van der Waals surface area contributed by atoms with E-state index in [0.717, 1.165) is 22.8 Å². The lowest BCUT2D eigenvalue weighted by atomic mass is 9.72. The highest BCUT2D eigenvalue weighted by Crippen LogP contribution is 2.54. The molecule has 5 rings (SSSR count). The maximum absolute atomic E-state index is 13.8. The van der Waals surface area contributed by atoms with Crippen LogP contribution in [0.15, 0.2) is 60.7 Å². The second-order valence-electron chi connectivity index (χ2n) is 10.3. The van der Waals surface area contributed by atoms with E-state index >= 15 is 0 Å². The summed E-state index contributed by atoms with van der Waals surface area (Å²) < 4.78 is 28.2. The van der Waals surface area contributed by atoms with Crippen molar-refractivity contribution in [2.24, 2.45) is 17.8 Å². The minimum Gasteiger partial charge on any atom is -0.496 e. The van der Waals surface area contributed by atoms with Crippen LogP contribution < -0.4 is 10.1 Å². The second-order valence-corrected chi connectivity index (χ2v) is 10.3. The molecule has 1 fully saturated rings. The summed E-state index contributed by atoms with van der Waals surface area (Å²) in [4.78, 5) is 52.4. The summed E-state index contributed by atoms with van der Waals surface area (Å²) >= 11 is 0. The van der Waals surface area contributed by atoms with E-state index in [1.165, 1.54) is 6.08 Å². The van der Waals surface area contributed by atoms with Gasteiger partial charge in [-0.3, -0.25) is 4.79 Å². The fraction of sp³-hybridized carbons (Fsp3) is 0.419. The third-order valence-electron chi connectivity index (χ3n) is 7.93. The first-order chi connectivity index (χ1) is 19.9. The molecule has 2 aromatic carbocycles. The Morgan fingerprint density at radius 3 is 2.59 bits per heavy atom. The second kappa shape index (κ2) is 12.4. The molecule has 2 aliphatic carbocycles. The number of carbonyl (C=O) groups is 4. The van der Waals surface area contributed by atoms with Crippen molar-refractivity contribution in [3.63, 3.8) is 0 Å². The molecule has 6 atom stereocenters. The van der Waals surface area contributed by atoms with E-state index < -0.39 is 48.2 Å². The van der Waals surface area contributed by atoms with Gasteiger partial charge in [-0.2, -0.15) is 0 Å². The van der Waals surface area contributed by atoms with E-state index in [9.17, 15) is 19.2 Å². The zero-order valence-electron chi connectivity index (χ0n) is 22.9. The molecule has 41 heavy (non-hydrogen) atoms. The van der Waals surface area contributed by atoms with Gasteiger partial charge in [0.25, 0.3) is 0 Å². The SMILES string of the molecule is CCOC(=O)[C@H]1[C@@H]2Cc3c(OC)cccc3[C@@H]3OC(=O)[C@H](Cc4ccccc4)NC(=O)OC/C=C\C(=O)O[C@H]1C[C@@H]23. The van der Waals surface area contributed by atoms with Crippen molar-refractivity contribution >= 4 is 24.0 Å². The van der Waals surface area contributed by atoms with Crippen LogP contribution in [0.2, 0.25) is 0 Å². The number of esters is 3. The largest absolute Gasteiger partial charge is 0.496 e. The fourth-order valence-corrected chi connectivity index (χ4v) is 6.21. The predicted octanol–water partition coefficient (Wildman–Crippen LogP) is 3.47. The third kappa shape index (κ3) is 6.06. The number of alkyl carbamates (subject to hydrolysis) is 1. The number of rotatable bonds is 5. The number of benzene rings is 2. The summed E-state index contributed by atoms with van der Waals surface area (Å²) in [5.41, 5.74) is 2.38. The molecule has 0 radical (unpaired) electrons. The molecule has 1 amide bonds. The number of amides is 1. The van der Waals surface area contributed by atoms with Crippen LogP contribution in [-0.2, 0) is 46.2 Å². The number of cyclic esters (lactones) is 1. The molecule has 3 aliphatic rings. The Bertz CT molecular complexity index is 1320. The Kier molecular flexibility index (Phi) is 8.56. The quantitative estimate of drug-likeness (QED) is 0.430. The van der Waals surface area contributed by atoms with Gasteiger partial charge in [-0.15, -0.1) is 0 Å². The molecule has 10 nitrogen and oxygen atoms in total. The Hall–Kier alpha value is -4.34. The first kappa shape index (κ1) is 28.2. The monoisotopic (exact) mass is 563 g/mol. The van der Waals surface area contributed by atoms with Crippen molar-refractivity contribution in [2.45, 2.75) is 44.4 Å². The van der Waals surface area contributed by atoms with Gasteiger partial charge in [-0.1, -0.05) is 42.5 Å². The summed E-state index contributed by atoms with van der Waals surface area (Å²) in [5.74, 6) is -2.66. The maximum Gasteiger partial charge on any atom is 0.408 e. The summed E-state index contributed by atoms with van der Waals surface area (Å²) in [6, 6.07) is 13.7. The van der Waals surface area contributed by atoms with Crippen LogP contribution in [0.3, 0.4) is 0 Å². The number of carbonyl (C=O) groups excluding carboxylic acids is 4. The van der Waals surface area contributed by atoms with Crippen LogP contribution in [0.1, 0.15) is 36.1 Å². The van der Waals surface area contributed by atoms with Gasteiger partial charge in [0.05, 0.1) is 19.6 Å². The highest BCUT2D eigenvalue weighted by Gasteiger charge is 2.56. The van der Waals surface area contributed by atoms with Gasteiger partial charge >= 0.3 is 24.0 Å². The summed E-state index contributed by atoms with van der Waals surface area (Å²) in [6.07, 6.45) is 0.997. The van der Waals surface area contributed by atoms with Crippen LogP contribution >= 0.6 is 0 Å². The first-order valence-corrected chi connectivity index (χ1v) is 13.8. The standard InChI is InChI=1S/C31H33NO9/c1-3-38-30(35)27-21-16-20-19(11-7-12-24(20)37-2)28-22(21)17-25(27)40-26(33)13-8-14-39-31(36)32-23(29(34)41-28)15-18-9-5-4-6-10-18/h4-13,21-23,25,27-28H,3,14-17H2,1-2H3,(H,32,36)/b13-8-/t21-,22+,23+,25+,27+,28+/m1/s1. The van der Waals surface area contributed by atoms with Crippen molar-refractivity contribution in [2.75, 3.05) is 20.3 Å². The number of hydrogen-bond donors (Lipinski definition) is 1. The van der Waals surface area contributed by atoms with Crippen LogP contribution in [0.5, 0.6) is 5.75 Å². The molecule has 0 spiro atoms. The number of hydrogen-bond acceptors (Lipinski definition) is 9. The van der Waals surface area contributed by atoms with Crippen molar-refractivity contribution in [3.05, 3.63) is 77.4 Å². The molecule has 216 valence electrons. The molecule has 1 heterocycles. The Labute approximate surface area is 237 Å². The first-order valence-electron chi connectivity index (χ1n) is 13.8. The minimum absolute atomic E-state index is 0.170. The maximum atomic E-state index is 13.8. The lowest BCUT2D eigenvalue weighted by Crippen LogP contribution is -2.45. The molecule has 1 saturated carbocycles. The van der Waals surface area contributed by atoms with Gasteiger partial charge in [0, 0.05) is 24.0 Å². The van der Waals surface area contributed by atoms with Gasteiger partial charge in [0.15, 0.2) is 0 Å². The zero-order valence-corrected chi connectivity index (χ0v) is 22.9. The van der Waals surface area contributed by atoms with Crippen LogP contribution in [-0.4, -0.2) is 56.5 Å². The molecular weight excluding hydrogens is 530 g/mol. The van der Waals surface area contributed by atoms with E-state index in [1.54, 1.807) is 14.0 Å². The van der Waals surface area contributed by atoms with Gasteiger partial charge in [-0.05, 0) is 49.0 Å². The molecule has 10 heteroatoms. The van der Waals surface area contributed by atoms with Crippen molar-refractivity contribution in [1.82, 2.24) is 5.32 Å².